The number of ether oxygens (including phenoxy) is 1. The summed E-state index contributed by atoms with van der Waals surface area (Å²) in [7, 11) is 0. The van der Waals surface area contributed by atoms with Crippen LogP contribution in [0.1, 0.15) is 70.0 Å². The minimum atomic E-state index is -3.15. The zero-order valence-corrected chi connectivity index (χ0v) is 21.2. The maximum Gasteiger partial charge on any atom is 0.387 e. The molecule has 2 aliphatic heterocycles. The standard InChI is InChI=1S/C29H24F2N6O3/c1-28(14-32)12-29(39,13-28)26-33-10-16(11-34-26)15-6-7-18-19(8-15)37-20-9-21(24(37)35-18)36(2)25(38)17-4-3-5-22(23(17)20)40-27(30)31/h3-8,10-11,20-21,27,39H,9,12-13H2,1-2H3/t20-,21-,28?,29?/m1/s1/i2D3. The molecule has 1 amide bonds. The van der Waals surface area contributed by atoms with Crippen molar-refractivity contribution in [2.75, 3.05) is 6.98 Å². The van der Waals surface area contributed by atoms with Crippen LogP contribution in [0.2, 0.25) is 0 Å². The second-order valence-electron chi connectivity index (χ2n) is 10.9. The molecule has 7 rings (SSSR count). The van der Waals surface area contributed by atoms with Gasteiger partial charge in [-0.25, -0.2) is 15.0 Å². The number of imidazole rings is 1. The first-order chi connectivity index (χ1) is 20.3. The van der Waals surface area contributed by atoms with Gasteiger partial charge in [0.2, 0.25) is 0 Å². The number of hydrogen-bond acceptors (Lipinski definition) is 7. The molecule has 0 spiro atoms. The van der Waals surface area contributed by atoms with Crippen LogP contribution in [0.25, 0.3) is 22.2 Å². The van der Waals surface area contributed by atoms with Crippen LogP contribution in [0.4, 0.5) is 8.78 Å². The minimum Gasteiger partial charge on any atom is -0.434 e. The predicted molar refractivity (Wildman–Crippen MR) is 138 cm³/mol. The number of hydrogen-bond donors (Lipinski definition) is 1. The van der Waals surface area contributed by atoms with Crippen LogP contribution in [0.3, 0.4) is 0 Å². The minimum absolute atomic E-state index is 0.0177. The molecule has 4 heterocycles. The van der Waals surface area contributed by atoms with Gasteiger partial charge in [-0.1, -0.05) is 12.1 Å². The molecule has 0 saturated heterocycles. The second-order valence-corrected chi connectivity index (χ2v) is 10.9. The van der Waals surface area contributed by atoms with Crippen LogP contribution < -0.4 is 4.74 Å². The van der Waals surface area contributed by atoms with E-state index in [1.165, 1.54) is 18.2 Å². The van der Waals surface area contributed by atoms with Crippen molar-refractivity contribution >= 4 is 16.9 Å². The molecular weight excluding hydrogens is 518 g/mol. The van der Waals surface area contributed by atoms with Gasteiger partial charge < -0.3 is 19.3 Å². The third kappa shape index (κ3) is 3.45. The van der Waals surface area contributed by atoms with Gasteiger partial charge >= 0.3 is 6.61 Å². The lowest BCUT2D eigenvalue weighted by Gasteiger charge is -2.46. The summed E-state index contributed by atoms with van der Waals surface area (Å²) in [6.07, 6.45) is 3.74. The quantitative estimate of drug-likeness (QED) is 0.394. The maximum atomic E-state index is 13.6. The van der Waals surface area contributed by atoms with Gasteiger partial charge in [-0.3, -0.25) is 4.79 Å². The summed E-state index contributed by atoms with van der Waals surface area (Å²) in [5, 5.41) is 20.2. The molecule has 0 unspecified atom stereocenters. The Morgan fingerprint density at radius 3 is 2.67 bits per heavy atom. The van der Waals surface area contributed by atoms with E-state index in [0.717, 1.165) is 4.90 Å². The van der Waals surface area contributed by atoms with E-state index in [1.807, 2.05) is 6.07 Å². The van der Waals surface area contributed by atoms with Gasteiger partial charge in [0.15, 0.2) is 5.82 Å². The van der Waals surface area contributed by atoms with Crippen molar-refractivity contribution < 1.29 is 27.5 Å². The van der Waals surface area contributed by atoms with Crippen LogP contribution in [-0.4, -0.2) is 49.0 Å². The molecule has 2 bridgehead atoms. The molecule has 40 heavy (non-hydrogen) atoms. The molecule has 3 aliphatic rings. The Kier molecular flexibility index (Phi) is 4.43. The molecule has 9 nitrogen and oxygen atoms in total. The van der Waals surface area contributed by atoms with E-state index >= 15 is 0 Å². The van der Waals surface area contributed by atoms with Gasteiger partial charge in [0.1, 0.15) is 17.2 Å². The molecule has 1 N–H and O–H groups in total. The van der Waals surface area contributed by atoms with Crippen molar-refractivity contribution in [1.29, 1.82) is 5.26 Å². The van der Waals surface area contributed by atoms with Crippen LogP contribution in [0, 0.1) is 16.7 Å². The third-order valence-corrected chi connectivity index (χ3v) is 8.19. The number of rotatable bonds is 4. The first kappa shape index (κ1) is 21.4. The van der Waals surface area contributed by atoms with Crippen molar-refractivity contribution in [3.8, 4) is 22.9 Å². The van der Waals surface area contributed by atoms with Crippen LogP contribution in [0.15, 0.2) is 48.8 Å². The number of aromatic nitrogens is 4. The molecule has 2 aromatic carbocycles. The summed E-state index contributed by atoms with van der Waals surface area (Å²) in [6.45, 7) is -4.19. The number of aliphatic hydroxyl groups is 1. The predicted octanol–water partition coefficient (Wildman–Crippen LogP) is 4.73. The molecule has 2 atom stereocenters. The first-order valence-corrected chi connectivity index (χ1v) is 12.7. The summed E-state index contributed by atoms with van der Waals surface area (Å²) >= 11 is 0. The molecule has 1 saturated carbocycles. The third-order valence-electron chi connectivity index (χ3n) is 8.19. The number of amides is 1. The van der Waals surface area contributed by atoms with Crippen LogP contribution in [0.5, 0.6) is 5.75 Å². The smallest absolute Gasteiger partial charge is 0.387 e. The Bertz CT molecular complexity index is 1850. The molecule has 202 valence electrons. The number of nitriles is 1. The average Bonchev–Trinajstić information content (AvgIpc) is 3.44. The average molecular weight is 546 g/mol. The number of fused-ring (bicyclic) bond motifs is 9. The number of carbonyl (C=O) groups is 1. The highest BCUT2D eigenvalue weighted by molar-refractivity contribution is 5.98. The molecule has 4 aromatic rings. The lowest BCUT2D eigenvalue weighted by atomic mass is 9.60. The Balaban J connectivity index is 1.34. The van der Waals surface area contributed by atoms with Gasteiger partial charge in [0, 0.05) is 59.4 Å². The van der Waals surface area contributed by atoms with Gasteiger partial charge in [-0.2, -0.15) is 14.0 Å². The molecule has 1 fully saturated rings. The number of alkyl halides is 2. The number of nitrogens with zero attached hydrogens (tertiary/aromatic N) is 6. The lowest BCUT2D eigenvalue weighted by Crippen LogP contribution is -2.48. The number of benzene rings is 2. The van der Waals surface area contributed by atoms with E-state index in [0.29, 0.717) is 28.0 Å². The summed E-state index contributed by atoms with van der Waals surface area (Å²) in [5.74, 6) is -0.439. The molecule has 0 radical (unpaired) electrons. The number of halogens is 2. The van der Waals surface area contributed by atoms with Crippen LogP contribution in [-0.2, 0) is 5.60 Å². The van der Waals surface area contributed by atoms with E-state index in [9.17, 15) is 23.9 Å². The normalized spacial score (nSPS) is 28.1. The van der Waals surface area contributed by atoms with E-state index in [4.69, 9.17) is 13.8 Å². The molecule has 1 aliphatic carbocycles. The molecular formula is C29H24F2N6O3. The van der Waals surface area contributed by atoms with E-state index < -0.39 is 42.6 Å². The summed E-state index contributed by atoms with van der Waals surface area (Å²) in [5.41, 5.74) is 0.723. The topological polar surface area (TPSA) is 117 Å². The lowest BCUT2D eigenvalue weighted by molar-refractivity contribution is -0.109. The SMILES string of the molecule is [2H]C([2H])([2H])N1C(=O)c2cccc(OC(F)F)c2[C@H]2C[C@@H]1c1nc3ccc(-c4cnc(C5(O)CC(C)(C#N)C5)nc4)cc3n12. The fourth-order valence-electron chi connectivity index (χ4n) is 6.48. The Morgan fingerprint density at radius 1 is 1.20 bits per heavy atom. The highest BCUT2D eigenvalue weighted by Gasteiger charge is 2.54. The van der Waals surface area contributed by atoms with Crippen molar-refractivity contribution in [3.05, 3.63) is 71.6 Å². The summed E-state index contributed by atoms with van der Waals surface area (Å²) < 4.78 is 58.0. The van der Waals surface area contributed by atoms with Crippen LogP contribution >= 0.6 is 0 Å². The highest BCUT2D eigenvalue weighted by Crippen LogP contribution is 2.53. The van der Waals surface area contributed by atoms with E-state index in [-0.39, 0.29) is 42.0 Å². The number of carbonyl (C=O) groups excluding carboxylic acids is 1. The highest BCUT2D eigenvalue weighted by atomic mass is 19.3. The zero-order chi connectivity index (χ0) is 30.5. The van der Waals surface area contributed by atoms with Crippen molar-refractivity contribution in [2.24, 2.45) is 5.41 Å². The Morgan fingerprint density at radius 2 is 1.98 bits per heavy atom. The van der Waals surface area contributed by atoms with Crippen molar-refractivity contribution in [2.45, 2.75) is 50.5 Å². The first-order valence-electron chi connectivity index (χ1n) is 14.2. The largest absolute Gasteiger partial charge is 0.434 e. The molecule has 2 aromatic heterocycles. The van der Waals surface area contributed by atoms with Gasteiger partial charge in [0.25, 0.3) is 5.91 Å². The second kappa shape index (κ2) is 8.29. The monoisotopic (exact) mass is 545 g/mol. The maximum absolute atomic E-state index is 13.6. The fraction of sp³-hybridized carbons (Fsp3) is 0.345. The molecule has 11 heteroatoms. The summed E-state index contributed by atoms with van der Waals surface area (Å²) in [6, 6.07) is 10.1. The van der Waals surface area contributed by atoms with Gasteiger partial charge in [-0.15, -0.1) is 0 Å². The summed E-state index contributed by atoms with van der Waals surface area (Å²) in [4.78, 5) is 27.9. The van der Waals surface area contributed by atoms with Gasteiger partial charge in [-0.05, 0) is 36.8 Å². The van der Waals surface area contributed by atoms with Gasteiger partial charge in [0.05, 0.1) is 34.6 Å². The van der Waals surface area contributed by atoms with E-state index in [1.54, 1.807) is 36.0 Å². The Hall–Kier alpha value is -4.43. The Labute approximate surface area is 231 Å². The van der Waals surface area contributed by atoms with Crippen molar-refractivity contribution in [1.82, 2.24) is 24.4 Å². The fourth-order valence-corrected chi connectivity index (χ4v) is 6.48. The van der Waals surface area contributed by atoms with Crippen molar-refractivity contribution in [3.63, 3.8) is 0 Å². The van der Waals surface area contributed by atoms with E-state index in [2.05, 4.69) is 16.0 Å². The zero-order valence-electron chi connectivity index (χ0n) is 24.2.